The fraction of sp³-hybridized carbons (Fsp3) is 0.469. The zero-order valence-corrected chi connectivity index (χ0v) is 43.6. The molecule has 6 heterocycles. The van der Waals surface area contributed by atoms with Crippen LogP contribution in [0.15, 0.2) is 36.4 Å². The van der Waals surface area contributed by atoms with Crippen LogP contribution in [0.5, 0.6) is 57.5 Å². The third-order valence-electron chi connectivity index (χ3n) is 12.4. The summed E-state index contributed by atoms with van der Waals surface area (Å²) in [7, 11) is 20.0. The smallest absolute Gasteiger partial charge is 1.00 e. The molecule has 0 amide bonds. The molecule has 0 spiro atoms. The van der Waals surface area contributed by atoms with Crippen LogP contribution in [0.3, 0.4) is 0 Å². The van der Waals surface area contributed by atoms with Crippen molar-refractivity contribution in [2.24, 2.45) is 0 Å². The Morgan fingerprint density at radius 3 is 1.59 bits per heavy atom. The van der Waals surface area contributed by atoms with Gasteiger partial charge in [-0.2, -0.15) is 0 Å². The third kappa shape index (κ3) is 9.82. The number of ether oxygens (including phenoxy) is 12. The topological polar surface area (TPSA) is 168 Å². The Morgan fingerprint density at radius 1 is 0.696 bits per heavy atom. The summed E-state index contributed by atoms with van der Waals surface area (Å²) in [5.41, 5.74) is 6.19. The fourth-order valence-corrected chi connectivity index (χ4v) is 9.64. The van der Waals surface area contributed by atoms with E-state index in [4.69, 9.17) is 69.9 Å². The van der Waals surface area contributed by atoms with Crippen molar-refractivity contribution in [2.75, 3.05) is 90.0 Å². The van der Waals surface area contributed by atoms with Gasteiger partial charge in [-0.25, -0.2) is 9.59 Å². The molecule has 0 fully saturated rings. The molecule has 0 saturated heterocycles. The molecule has 20 heteroatoms. The number of hydrogen-bond donors (Lipinski definition) is 1. The number of carbonyl (C=O) groups is 2. The van der Waals surface area contributed by atoms with Gasteiger partial charge < -0.3 is 67.8 Å². The minimum Gasteiger partial charge on any atom is -1.00 e. The average Bonchev–Trinajstić information content (AvgIpc) is 4.13. The average molecular weight is 963 g/mol. The van der Waals surface area contributed by atoms with Gasteiger partial charge in [-0.15, -0.1) is 0 Å². The van der Waals surface area contributed by atoms with Crippen LogP contribution >= 0.6 is 0 Å². The maximum atomic E-state index is 12.9. The molecule has 4 aromatic carbocycles. The number of aliphatic hydroxyl groups excluding tert-OH is 1. The standard InChI is InChI=1S/C22H23BNO7.C22H23NO7.C3H8.C2H6O.B.Na.H/c1-24(23)8-7-11-9-14-20(30-10-29-14)21(28-4)15(11)17(24)18-12-5-6-13(26-2)19(27-3)16(12)22(25)31-18;1-23-8-7-11-9-14-20(29-10-28-14)21(27-4)15(11)17(23)18-12-5-6-13(25-2)19(26-3)16(12)22(24)30-18;1-3-2;1-2-3;;;/h5-6,9,17-18H,7-8,10H2,1-4H3;5-6,9,17-18H,7-8,10H2,1-4H3;3H2,1-2H3;3H,2H2,1H3;;;/q+1;;;;;+1;-1/t17-,18+,24?;17-,18+;;;;;/m11...../s1. The molecular formula is C49H61B2N2NaO15+. The predicted octanol–water partition coefficient (Wildman–Crippen LogP) is 3.51. The van der Waals surface area contributed by atoms with E-state index in [0.29, 0.717) is 80.7 Å². The van der Waals surface area contributed by atoms with Gasteiger partial charge in [0.2, 0.25) is 25.1 Å². The molecular weight excluding hydrogens is 901 g/mol. The summed E-state index contributed by atoms with van der Waals surface area (Å²) in [5.74, 6) is 4.47. The normalized spacial score (nSPS) is 21.4. The molecule has 0 bridgehead atoms. The number of benzene rings is 4. The second-order valence-electron chi connectivity index (χ2n) is 16.6. The van der Waals surface area contributed by atoms with Crippen molar-refractivity contribution < 1.29 is 107 Å². The van der Waals surface area contributed by atoms with Crippen molar-refractivity contribution in [1.82, 2.24) is 4.90 Å². The van der Waals surface area contributed by atoms with Gasteiger partial charge in [0.05, 0.1) is 60.8 Å². The van der Waals surface area contributed by atoms with E-state index in [0.717, 1.165) is 47.2 Å². The minimum absolute atomic E-state index is 0. The number of aliphatic hydroxyl groups is 1. The number of cyclic esters (lactones) is 2. The first kappa shape index (κ1) is 54.8. The van der Waals surface area contributed by atoms with Gasteiger partial charge in [0.15, 0.2) is 52.1 Å². The van der Waals surface area contributed by atoms with E-state index >= 15 is 0 Å². The molecule has 1 unspecified atom stereocenters. The van der Waals surface area contributed by atoms with Crippen LogP contribution < -0.4 is 76.9 Å². The third-order valence-corrected chi connectivity index (χ3v) is 12.4. The molecule has 10 rings (SSSR count). The molecule has 0 aromatic heterocycles. The van der Waals surface area contributed by atoms with Gasteiger partial charge >= 0.3 is 49.5 Å². The second kappa shape index (κ2) is 23.2. The molecule has 5 atom stereocenters. The second-order valence-corrected chi connectivity index (χ2v) is 16.6. The number of esters is 2. The van der Waals surface area contributed by atoms with Crippen molar-refractivity contribution in [3.63, 3.8) is 0 Å². The predicted molar refractivity (Wildman–Crippen MR) is 252 cm³/mol. The number of methoxy groups -OCH3 is 6. The van der Waals surface area contributed by atoms with Crippen LogP contribution in [0, 0.1) is 0 Å². The molecule has 6 aliphatic rings. The Balaban J connectivity index is 0.000000264. The first-order valence-corrected chi connectivity index (χ1v) is 22.2. The summed E-state index contributed by atoms with van der Waals surface area (Å²) in [6, 6.07) is 10.6. The van der Waals surface area contributed by atoms with Crippen molar-refractivity contribution in [2.45, 2.75) is 64.3 Å². The zero-order chi connectivity index (χ0) is 48.3. The maximum Gasteiger partial charge on any atom is 1.00 e. The maximum absolute atomic E-state index is 12.9. The number of nitrogens with zero attached hydrogens (tertiary/aromatic N) is 2. The molecule has 6 aliphatic heterocycles. The molecule has 0 aliphatic carbocycles. The Labute approximate surface area is 430 Å². The van der Waals surface area contributed by atoms with E-state index in [-0.39, 0.29) is 70.0 Å². The van der Waals surface area contributed by atoms with Crippen LogP contribution in [-0.4, -0.2) is 133 Å². The Kier molecular flexibility index (Phi) is 18.4. The molecule has 363 valence electrons. The van der Waals surface area contributed by atoms with Gasteiger partial charge in [-0.05, 0) is 55.8 Å². The zero-order valence-electron chi connectivity index (χ0n) is 42.6. The van der Waals surface area contributed by atoms with E-state index in [2.05, 4.69) is 18.7 Å². The van der Waals surface area contributed by atoms with Crippen LogP contribution in [0.1, 0.15) is 107 Å². The van der Waals surface area contributed by atoms with Gasteiger partial charge in [0.25, 0.3) is 0 Å². The number of hydrogen-bond acceptors (Lipinski definition) is 16. The summed E-state index contributed by atoms with van der Waals surface area (Å²) in [4.78, 5) is 28.0. The van der Waals surface area contributed by atoms with Crippen LogP contribution in [-0.2, 0) is 22.3 Å². The van der Waals surface area contributed by atoms with E-state index in [9.17, 15) is 9.59 Å². The number of rotatable bonds is 8. The van der Waals surface area contributed by atoms with E-state index < -0.39 is 30.2 Å². The number of carbonyl (C=O) groups excluding carboxylic acids is 2. The van der Waals surface area contributed by atoms with Crippen LogP contribution in [0.4, 0.5) is 0 Å². The van der Waals surface area contributed by atoms with Gasteiger partial charge in [0.1, 0.15) is 23.3 Å². The van der Waals surface area contributed by atoms with Crippen LogP contribution in [0.2, 0.25) is 0 Å². The molecule has 69 heavy (non-hydrogen) atoms. The van der Waals surface area contributed by atoms with Gasteiger partial charge in [-0.1, -0.05) is 32.4 Å². The summed E-state index contributed by atoms with van der Waals surface area (Å²) in [6.45, 7) is 7.92. The number of likely N-dealkylation sites (N-methyl/N-ethyl adjacent to an activating group) is 2. The Bertz CT molecular complexity index is 2510. The minimum atomic E-state index is -0.634. The summed E-state index contributed by atoms with van der Waals surface area (Å²) in [6.07, 6.45) is 1.65. The molecule has 17 nitrogen and oxygen atoms in total. The van der Waals surface area contributed by atoms with E-state index in [1.54, 1.807) is 40.4 Å². The first-order valence-electron chi connectivity index (χ1n) is 22.2. The largest absolute Gasteiger partial charge is 1.00 e. The summed E-state index contributed by atoms with van der Waals surface area (Å²) >= 11 is 0. The van der Waals surface area contributed by atoms with Crippen molar-refractivity contribution >= 4 is 28.3 Å². The summed E-state index contributed by atoms with van der Waals surface area (Å²) < 4.78 is 67.8. The van der Waals surface area contributed by atoms with Crippen molar-refractivity contribution in [3.8, 4) is 57.5 Å². The molecule has 1 N–H and O–H groups in total. The SMILES string of the molecule is CCC.CCO.COc1ccc2c(c1OC)C(=O)O[C@@H]2[C@H]1c2c(cc3c(c2OC)OCO3)CCN1C.[B].[B][N+]1(C)CCc2cc3c(c(OC)c2[C@@H]1[C@H]1OC(=O)c2c1ccc(OC)c2OC)OCO3.[H-].[Na+]. The van der Waals surface area contributed by atoms with Crippen LogP contribution in [0.25, 0.3) is 0 Å². The van der Waals surface area contributed by atoms with Gasteiger partial charge in [0, 0.05) is 51.7 Å². The van der Waals surface area contributed by atoms with E-state index in [1.165, 1.54) is 27.8 Å². The van der Waals surface area contributed by atoms with E-state index in [1.807, 2.05) is 38.4 Å². The number of fused-ring (bicyclic) bond motifs is 6. The molecule has 4 aromatic rings. The quantitative estimate of drug-likeness (QED) is 0.201. The molecule has 0 saturated carbocycles. The van der Waals surface area contributed by atoms with Crippen molar-refractivity contribution in [3.05, 3.63) is 80.9 Å². The fourth-order valence-electron chi connectivity index (χ4n) is 9.64. The Hall–Kier alpha value is -5.17. The Morgan fingerprint density at radius 2 is 1.13 bits per heavy atom. The molecule has 5 radical (unpaired) electrons. The monoisotopic (exact) mass is 962 g/mol. The van der Waals surface area contributed by atoms with Gasteiger partial charge in [-0.3, -0.25) is 4.90 Å². The van der Waals surface area contributed by atoms with Crippen molar-refractivity contribution in [1.29, 1.82) is 0 Å². The summed E-state index contributed by atoms with van der Waals surface area (Å²) in [5, 5.41) is 7.57. The number of quaternary nitrogens is 1. The first-order chi connectivity index (χ1) is 32.3.